The van der Waals surface area contributed by atoms with Crippen LogP contribution in [0.25, 0.3) is 11.4 Å². The Morgan fingerprint density at radius 3 is 2.07 bits per heavy atom. The van der Waals surface area contributed by atoms with Gasteiger partial charge in [-0.05, 0) is 58.4 Å². The molecule has 1 atom stereocenters. The molecule has 10 nitrogen and oxygen atoms in total. The number of aromatic nitrogens is 2. The Hall–Kier alpha value is -3.53. The number of ether oxygens (including phenoxy) is 2. The van der Waals surface area contributed by atoms with Crippen molar-refractivity contribution in [3.8, 4) is 11.4 Å². The summed E-state index contributed by atoms with van der Waals surface area (Å²) in [5.74, 6) is 0.582. The Labute approximate surface area is 242 Å². The van der Waals surface area contributed by atoms with Crippen LogP contribution in [-0.2, 0) is 20.7 Å². The molecule has 0 radical (unpaired) electrons. The predicted molar refractivity (Wildman–Crippen MR) is 153 cm³/mol. The molecule has 1 aromatic heterocycles. The van der Waals surface area contributed by atoms with E-state index in [0.29, 0.717) is 37.4 Å². The Morgan fingerprint density at radius 1 is 0.902 bits per heavy atom. The van der Waals surface area contributed by atoms with Crippen molar-refractivity contribution in [2.75, 3.05) is 33.3 Å². The number of carbonyl (C=O) groups is 3. The summed E-state index contributed by atoms with van der Waals surface area (Å²) in [4.78, 5) is 53.3. The van der Waals surface area contributed by atoms with Crippen LogP contribution < -0.4 is 0 Å². The molecule has 1 aliphatic carbocycles. The third-order valence-corrected chi connectivity index (χ3v) is 7.98. The van der Waals surface area contributed by atoms with Crippen LogP contribution in [0.1, 0.15) is 68.8 Å². The summed E-state index contributed by atoms with van der Waals surface area (Å²) in [7, 11) is 1.68. The van der Waals surface area contributed by atoms with Gasteiger partial charge in [0.2, 0.25) is 5.91 Å². The average molecular weight is 564 g/mol. The van der Waals surface area contributed by atoms with Gasteiger partial charge in [0.25, 0.3) is 5.91 Å². The lowest BCUT2D eigenvalue weighted by atomic mass is 10.0. The summed E-state index contributed by atoms with van der Waals surface area (Å²) < 4.78 is 10.9. The van der Waals surface area contributed by atoms with E-state index in [1.54, 1.807) is 24.4 Å². The molecule has 3 heterocycles. The molecule has 0 unspecified atom stereocenters. The highest BCUT2D eigenvalue weighted by molar-refractivity contribution is 5.94. The fraction of sp³-hybridized carbons (Fsp3) is 0.581. The van der Waals surface area contributed by atoms with Crippen LogP contribution in [0, 0.1) is 0 Å². The zero-order valence-corrected chi connectivity index (χ0v) is 24.5. The van der Waals surface area contributed by atoms with Crippen molar-refractivity contribution in [3.63, 3.8) is 0 Å². The van der Waals surface area contributed by atoms with Gasteiger partial charge in [0.1, 0.15) is 5.60 Å². The minimum atomic E-state index is -0.529. The van der Waals surface area contributed by atoms with Crippen LogP contribution in [0.4, 0.5) is 4.79 Å². The first-order chi connectivity index (χ1) is 19.6. The maximum atomic E-state index is 13.6. The van der Waals surface area contributed by atoms with Gasteiger partial charge in [-0.2, -0.15) is 0 Å². The minimum Gasteiger partial charge on any atom is -0.444 e. The molecule has 0 bridgehead atoms. The molecule has 0 spiro atoms. The van der Waals surface area contributed by atoms with E-state index in [-0.39, 0.29) is 36.1 Å². The molecule has 2 aliphatic heterocycles. The number of nitrogens with zero attached hydrogens (tertiary/aromatic N) is 5. The summed E-state index contributed by atoms with van der Waals surface area (Å²) >= 11 is 0. The lowest BCUT2D eigenvalue weighted by molar-refractivity contribution is -0.129. The van der Waals surface area contributed by atoms with Crippen LogP contribution in [0.3, 0.4) is 0 Å². The van der Waals surface area contributed by atoms with Gasteiger partial charge in [0, 0.05) is 63.3 Å². The maximum Gasteiger partial charge on any atom is 0.410 e. The highest BCUT2D eigenvalue weighted by Gasteiger charge is 2.40. The molecule has 0 N–H and O–H groups in total. The van der Waals surface area contributed by atoms with Crippen molar-refractivity contribution in [2.24, 2.45) is 0 Å². The van der Waals surface area contributed by atoms with E-state index in [9.17, 15) is 14.4 Å². The molecular formula is C31H41N5O5. The lowest BCUT2D eigenvalue weighted by Gasteiger charge is -2.39. The normalized spacial score (nSPS) is 19.8. The van der Waals surface area contributed by atoms with Gasteiger partial charge in [-0.25, -0.2) is 14.8 Å². The first kappa shape index (κ1) is 29.0. The fourth-order valence-corrected chi connectivity index (χ4v) is 5.58. The van der Waals surface area contributed by atoms with Gasteiger partial charge in [-0.1, -0.05) is 24.3 Å². The van der Waals surface area contributed by atoms with Crippen molar-refractivity contribution in [2.45, 2.75) is 83.1 Å². The van der Waals surface area contributed by atoms with E-state index >= 15 is 0 Å². The smallest absolute Gasteiger partial charge is 0.410 e. The summed E-state index contributed by atoms with van der Waals surface area (Å²) in [6.07, 6.45) is 7.70. The topological polar surface area (TPSA) is 105 Å². The van der Waals surface area contributed by atoms with Crippen LogP contribution in [0.5, 0.6) is 0 Å². The van der Waals surface area contributed by atoms with Gasteiger partial charge in [-0.15, -0.1) is 0 Å². The number of methoxy groups -OCH3 is 1. The third-order valence-electron chi connectivity index (χ3n) is 7.98. The van der Waals surface area contributed by atoms with Crippen LogP contribution in [0.2, 0.25) is 0 Å². The lowest BCUT2D eigenvalue weighted by Crippen LogP contribution is -2.50. The summed E-state index contributed by atoms with van der Waals surface area (Å²) in [6, 6.07) is 7.99. The zero-order valence-electron chi connectivity index (χ0n) is 24.5. The first-order valence-corrected chi connectivity index (χ1v) is 14.6. The quantitative estimate of drug-likeness (QED) is 0.503. The van der Waals surface area contributed by atoms with Gasteiger partial charge in [0.05, 0.1) is 18.1 Å². The highest BCUT2D eigenvalue weighted by atomic mass is 16.6. The van der Waals surface area contributed by atoms with Crippen LogP contribution in [0.15, 0.2) is 36.7 Å². The van der Waals surface area contributed by atoms with Crippen LogP contribution in [-0.4, -0.2) is 99.7 Å². The minimum absolute atomic E-state index is 0.0544. The number of hydrogen-bond acceptors (Lipinski definition) is 7. The molecule has 10 heteroatoms. The highest BCUT2D eigenvalue weighted by Crippen LogP contribution is 2.33. The van der Waals surface area contributed by atoms with E-state index < -0.39 is 5.60 Å². The summed E-state index contributed by atoms with van der Waals surface area (Å²) in [6.45, 7) is 8.11. The number of benzene rings is 1. The predicted octanol–water partition coefficient (Wildman–Crippen LogP) is 3.94. The zero-order chi connectivity index (χ0) is 29.1. The van der Waals surface area contributed by atoms with Crippen molar-refractivity contribution < 1.29 is 23.9 Å². The van der Waals surface area contributed by atoms with Crippen molar-refractivity contribution >= 4 is 17.9 Å². The second kappa shape index (κ2) is 12.1. The number of likely N-dealkylation sites (tertiary alicyclic amines) is 2. The Bertz CT molecular complexity index is 1230. The molecule has 220 valence electrons. The fourth-order valence-electron chi connectivity index (χ4n) is 5.58. The van der Waals surface area contributed by atoms with Crippen molar-refractivity contribution in [1.82, 2.24) is 24.7 Å². The number of piperidine rings is 1. The van der Waals surface area contributed by atoms with E-state index in [4.69, 9.17) is 9.47 Å². The molecule has 3 aliphatic rings. The molecule has 1 aromatic carbocycles. The van der Waals surface area contributed by atoms with E-state index in [1.165, 1.54) is 0 Å². The number of rotatable bonds is 7. The second-order valence-corrected chi connectivity index (χ2v) is 12.3. The molecule has 3 fully saturated rings. The summed E-state index contributed by atoms with van der Waals surface area (Å²) in [5, 5.41) is 0. The molecule has 41 heavy (non-hydrogen) atoms. The molecular weight excluding hydrogens is 522 g/mol. The average Bonchev–Trinajstić information content (AvgIpc) is 3.67. The molecule has 1 saturated carbocycles. The van der Waals surface area contributed by atoms with Crippen molar-refractivity contribution in [3.05, 3.63) is 47.8 Å². The Morgan fingerprint density at radius 2 is 1.51 bits per heavy atom. The van der Waals surface area contributed by atoms with Gasteiger partial charge in [0.15, 0.2) is 5.82 Å². The monoisotopic (exact) mass is 563 g/mol. The molecule has 5 rings (SSSR count). The number of amides is 3. The number of hydrogen-bond donors (Lipinski definition) is 0. The standard InChI is InChI=1S/C31H41N5O5/c1-31(2,3)41-30(39)34-14-11-25(12-15-34)36(24-9-10-24)29(38)23-18-32-28(33-19-23)22-7-5-21(6-8-22)17-27(37)35-16-13-26(20-35)40-4/h5-8,18-19,24-26H,9-17,20H2,1-4H3/t26-/m1/s1. The van der Waals surface area contributed by atoms with Crippen molar-refractivity contribution in [1.29, 1.82) is 0 Å². The molecule has 2 saturated heterocycles. The maximum absolute atomic E-state index is 13.6. The van der Waals surface area contributed by atoms with E-state index in [1.807, 2.05) is 54.8 Å². The van der Waals surface area contributed by atoms with E-state index in [0.717, 1.165) is 49.8 Å². The summed E-state index contributed by atoms with van der Waals surface area (Å²) in [5.41, 5.74) is 1.70. The second-order valence-electron chi connectivity index (χ2n) is 12.3. The molecule has 3 amide bonds. The Kier molecular flexibility index (Phi) is 8.58. The SMILES string of the molecule is CO[C@@H]1CCN(C(=O)Cc2ccc(-c3ncc(C(=O)N(C4CC4)C4CCN(C(=O)OC(C)(C)C)CC4)cn3)cc2)C1. The van der Waals surface area contributed by atoms with Crippen LogP contribution >= 0.6 is 0 Å². The largest absolute Gasteiger partial charge is 0.444 e. The first-order valence-electron chi connectivity index (χ1n) is 14.6. The van der Waals surface area contributed by atoms with Gasteiger partial charge >= 0.3 is 6.09 Å². The number of carbonyl (C=O) groups excluding carboxylic acids is 3. The van der Waals surface area contributed by atoms with Gasteiger partial charge < -0.3 is 24.2 Å². The third kappa shape index (κ3) is 7.22. The van der Waals surface area contributed by atoms with Gasteiger partial charge in [-0.3, -0.25) is 9.59 Å². The molecule has 2 aromatic rings. The Balaban J connectivity index is 1.18. The van der Waals surface area contributed by atoms with E-state index in [2.05, 4.69) is 9.97 Å².